The number of nitrogens with zero attached hydrogens (tertiary/aromatic N) is 1. The van der Waals surface area contributed by atoms with Gasteiger partial charge in [0.2, 0.25) is 0 Å². The van der Waals surface area contributed by atoms with Crippen molar-refractivity contribution in [1.29, 1.82) is 0 Å². The smallest absolute Gasteiger partial charge is 0.309 e. The molecule has 0 aliphatic rings. The Morgan fingerprint density at radius 2 is 2.10 bits per heavy atom. The SMILES string of the molecule is CCCCOc1ccc(-c2nc(CC(=O)O)cs2)cc1. The Morgan fingerprint density at radius 3 is 2.75 bits per heavy atom. The van der Waals surface area contributed by atoms with Crippen molar-refractivity contribution in [2.45, 2.75) is 26.2 Å². The summed E-state index contributed by atoms with van der Waals surface area (Å²) < 4.78 is 5.60. The number of carboxylic acid groups (broad SMARTS) is 1. The zero-order valence-electron chi connectivity index (χ0n) is 11.3. The van der Waals surface area contributed by atoms with E-state index < -0.39 is 5.97 Å². The minimum Gasteiger partial charge on any atom is -0.494 e. The number of carboxylic acids is 1. The third-order valence-corrected chi connectivity index (χ3v) is 3.69. The number of aliphatic carboxylic acids is 1. The van der Waals surface area contributed by atoms with Crippen LogP contribution < -0.4 is 4.74 Å². The zero-order chi connectivity index (χ0) is 14.4. The van der Waals surface area contributed by atoms with Gasteiger partial charge >= 0.3 is 5.97 Å². The molecule has 0 radical (unpaired) electrons. The third kappa shape index (κ3) is 4.06. The standard InChI is InChI=1S/C15H17NO3S/c1-2-3-8-19-13-6-4-11(5-7-13)15-16-12(10-20-15)9-14(17)18/h4-7,10H,2-3,8-9H2,1H3,(H,17,18). The molecule has 106 valence electrons. The summed E-state index contributed by atoms with van der Waals surface area (Å²) in [6, 6.07) is 7.74. The predicted octanol–water partition coefficient (Wildman–Crippen LogP) is 3.62. The fraction of sp³-hybridized carbons (Fsp3) is 0.333. The Balaban J connectivity index is 2.02. The van der Waals surface area contributed by atoms with Crippen molar-refractivity contribution in [3.8, 4) is 16.3 Å². The molecule has 1 heterocycles. The first-order chi connectivity index (χ1) is 9.69. The van der Waals surface area contributed by atoms with Crippen LogP contribution in [-0.2, 0) is 11.2 Å². The zero-order valence-corrected chi connectivity index (χ0v) is 12.2. The van der Waals surface area contributed by atoms with Crippen LogP contribution in [0.1, 0.15) is 25.5 Å². The van der Waals surface area contributed by atoms with E-state index in [9.17, 15) is 4.79 Å². The van der Waals surface area contributed by atoms with Crippen molar-refractivity contribution in [1.82, 2.24) is 4.98 Å². The van der Waals surface area contributed by atoms with E-state index in [0.29, 0.717) is 5.69 Å². The van der Waals surface area contributed by atoms with Crippen LogP contribution >= 0.6 is 11.3 Å². The quantitative estimate of drug-likeness (QED) is 0.792. The molecule has 4 nitrogen and oxygen atoms in total. The average molecular weight is 291 g/mol. The highest BCUT2D eigenvalue weighted by atomic mass is 32.1. The van der Waals surface area contributed by atoms with Gasteiger partial charge in [-0.05, 0) is 30.7 Å². The maximum absolute atomic E-state index is 10.6. The van der Waals surface area contributed by atoms with E-state index in [-0.39, 0.29) is 6.42 Å². The van der Waals surface area contributed by atoms with Crippen LogP contribution in [0.15, 0.2) is 29.6 Å². The lowest BCUT2D eigenvalue weighted by molar-refractivity contribution is -0.136. The van der Waals surface area contributed by atoms with Gasteiger partial charge in [0.1, 0.15) is 10.8 Å². The van der Waals surface area contributed by atoms with Gasteiger partial charge in [0.15, 0.2) is 0 Å². The fourth-order valence-corrected chi connectivity index (χ4v) is 2.53. The van der Waals surface area contributed by atoms with Crippen LogP contribution in [-0.4, -0.2) is 22.7 Å². The molecule has 0 fully saturated rings. The average Bonchev–Trinajstić information content (AvgIpc) is 2.87. The van der Waals surface area contributed by atoms with E-state index in [1.165, 1.54) is 11.3 Å². The van der Waals surface area contributed by atoms with E-state index in [2.05, 4.69) is 11.9 Å². The minimum atomic E-state index is -0.860. The number of hydrogen-bond donors (Lipinski definition) is 1. The van der Waals surface area contributed by atoms with Crippen LogP contribution in [0.25, 0.3) is 10.6 Å². The summed E-state index contributed by atoms with van der Waals surface area (Å²) in [5, 5.41) is 11.4. The van der Waals surface area contributed by atoms with E-state index in [4.69, 9.17) is 9.84 Å². The van der Waals surface area contributed by atoms with Crippen molar-refractivity contribution in [3.05, 3.63) is 35.3 Å². The summed E-state index contributed by atoms with van der Waals surface area (Å²) in [5.74, 6) is -0.00830. The Hall–Kier alpha value is -1.88. The molecular formula is C15H17NO3S. The van der Waals surface area contributed by atoms with Crippen LogP contribution in [0, 0.1) is 0 Å². The van der Waals surface area contributed by atoms with Gasteiger partial charge in [0.05, 0.1) is 18.7 Å². The molecule has 0 atom stereocenters. The molecule has 20 heavy (non-hydrogen) atoms. The Morgan fingerprint density at radius 1 is 1.35 bits per heavy atom. The number of unbranched alkanes of at least 4 members (excludes halogenated alkanes) is 1. The van der Waals surface area contributed by atoms with Crippen LogP contribution in [0.3, 0.4) is 0 Å². The molecule has 1 aromatic carbocycles. The van der Waals surface area contributed by atoms with Gasteiger partial charge in [-0.1, -0.05) is 13.3 Å². The largest absolute Gasteiger partial charge is 0.494 e. The number of rotatable bonds is 7. The van der Waals surface area contributed by atoms with E-state index in [1.807, 2.05) is 24.3 Å². The Bertz CT molecular complexity index is 563. The van der Waals surface area contributed by atoms with Crippen molar-refractivity contribution >= 4 is 17.3 Å². The van der Waals surface area contributed by atoms with Crippen molar-refractivity contribution in [2.24, 2.45) is 0 Å². The maximum Gasteiger partial charge on any atom is 0.309 e. The summed E-state index contributed by atoms with van der Waals surface area (Å²) in [7, 11) is 0. The molecule has 0 aliphatic heterocycles. The summed E-state index contributed by atoms with van der Waals surface area (Å²) in [4.78, 5) is 15.0. The fourth-order valence-electron chi connectivity index (χ4n) is 1.70. The second-order valence-electron chi connectivity index (χ2n) is 4.44. The highest BCUT2D eigenvalue weighted by Crippen LogP contribution is 2.26. The number of benzene rings is 1. The van der Waals surface area contributed by atoms with Crippen molar-refractivity contribution in [3.63, 3.8) is 0 Å². The minimum absolute atomic E-state index is 0.0330. The molecule has 0 bridgehead atoms. The van der Waals surface area contributed by atoms with Gasteiger partial charge in [-0.15, -0.1) is 11.3 Å². The summed E-state index contributed by atoms with van der Waals surface area (Å²) in [6.45, 7) is 2.86. The molecule has 0 amide bonds. The highest BCUT2D eigenvalue weighted by Gasteiger charge is 2.08. The van der Waals surface area contributed by atoms with Gasteiger partial charge in [-0.25, -0.2) is 4.98 Å². The van der Waals surface area contributed by atoms with E-state index in [0.717, 1.165) is 35.8 Å². The number of ether oxygens (including phenoxy) is 1. The Kier molecular flexibility index (Phi) is 5.12. The monoisotopic (exact) mass is 291 g/mol. The molecule has 1 aromatic heterocycles. The van der Waals surface area contributed by atoms with Crippen LogP contribution in [0.4, 0.5) is 0 Å². The predicted molar refractivity (Wildman–Crippen MR) is 79.3 cm³/mol. The third-order valence-electron chi connectivity index (χ3n) is 2.75. The molecular weight excluding hydrogens is 274 g/mol. The van der Waals surface area contributed by atoms with E-state index in [1.54, 1.807) is 5.38 Å². The summed E-state index contributed by atoms with van der Waals surface area (Å²) in [5.41, 5.74) is 1.58. The molecule has 5 heteroatoms. The van der Waals surface area contributed by atoms with Gasteiger partial charge in [-0.2, -0.15) is 0 Å². The lowest BCUT2D eigenvalue weighted by atomic mass is 10.2. The molecule has 0 saturated heterocycles. The number of thiazole rings is 1. The van der Waals surface area contributed by atoms with Crippen molar-refractivity contribution < 1.29 is 14.6 Å². The second kappa shape index (κ2) is 7.05. The van der Waals surface area contributed by atoms with E-state index >= 15 is 0 Å². The van der Waals surface area contributed by atoms with Crippen LogP contribution in [0.2, 0.25) is 0 Å². The first kappa shape index (κ1) is 14.5. The summed E-state index contributed by atoms with van der Waals surface area (Å²) >= 11 is 1.46. The van der Waals surface area contributed by atoms with Gasteiger partial charge in [-0.3, -0.25) is 4.79 Å². The lowest BCUT2D eigenvalue weighted by Gasteiger charge is -2.05. The first-order valence-corrected chi connectivity index (χ1v) is 7.46. The second-order valence-corrected chi connectivity index (χ2v) is 5.30. The van der Waals surface area contributed by atoms with Gasteiger partial charge < -0.3 is 9.84 Å². The number of hydrogen-bond acceptors (Lipinski definition) is 4. The summed E-state index contributed by atoms with van der Waals surface area (Å²) in [6.07, 6.45) is 2.13. The molecule has 0 aliphatic carbocycles. The molecule has 1 N–H and O–H groups in total. The normalized spacial score (nSPS) is 10.4. The molecule has 2 rings (SSSR count). The molecule has 0 spiro atoms. The topological polar surface area (TPSA) is 59.4 Å². The Labute approximate surface area is 122 Å². The molecule has 0 unspecified atom stereocenters. The molecule has 2 aromatic rings. The van der Waals surface area contributed by atoms with Gasteiger partial charge in [0, 0.05) is 10.9 Å². The maximum atomic E-state index is 10.6. The van der Waals surface area contributed by atoms with Crippen molar-refractivity contribution in [2.75, 3.05) is 6.61 Å². The molecule has 0 saturated carbocycles. The lowest BCUT2D eigenvalue weighted by Crippen LogP contribution is -1.99. The first-order valence-electron chi connectivity index (χ1n) is 6.58. The highest BCUT2D eigenvalue weighted by molar-refractivity contribution is 7.13. The van der Waals surface area contributed by atoms with Crippen LogP contribution in [0.5, 0.6) is 5.75 Å². The van der Waals surface area contributed by atoms with Gasteiger partial charge in [0.25, 0.3) is 0 Å². The number of aromatic nitrogens is 1. The number of carbonyl (C=O) groups is 1.